The Bertz CT molecular complexity index is 209. The van der Waals surface area contributed by atoms with Crippen molar-refractivity contribution in [3.63, 3.8) is 0 Å². The van der Waals surface area contributed by atoms with E-state index in [1.54, 1.807) is 0 Å². The van der Waals surface area contributed by atoms with Crippen LogP contribution >= 0.6 is 0 Å². The summed E-state index contributed by atoms with van der Waals surface area (Å²) in [7, 11) is -3.02. The molecule has 0 aliphatic heterocycles. The van der Waals surface area contributed by atoms with Crippen molar-refractivity contribution in [2.75, 3.05) is 18.6 Å². The molecule has 0 rings (SSSR count). The topological polar surface area (TPSA) is 87.0 Å². The van der Waals surface area contributed by atoms with Crippen LogP contribution in [0.15, 0.2) is 0 Å². The van der Waals surface area contributed by atoms with Crippen molar-refractivity contribution in [3.8, 4) is 0 Å². The molecule has 0 unspecified atom stereocenters. The molecule has 0 fully saturated rings. The molecule has 5 nitrogen and oxygen atoms in total. The second kappa shape index (κ2) is 3.40. The van der Waals surface area contributed by atoms with Crippen LogP contribution in [0.2, 0.25) is 0 Å². The second-order valence-corrected chi connectivity index (χ2v) is 4.15. The first-order chi connectivity index (χ1) is 4.42. The van der Waals surface area contributed by atoms with Crippen LogP contribution < -0.4 is 11.1 Å². The zero-order valence-corrected chi connectivity index (χ0v) is 6.36. The maximum Gasteiger partial charge on any atom is 0.333 e. The molecule has 0 aliphatic rings. The molecule has 59 valence electrons. The lowest BCUT2D eigenvalue weighted by molar-refractivity contribution is 0.248. The summed E-state index contributed by atoms with van der Waals surface area (Å²) in [6.07, 6.45) is 1.07. The van der Waals surface area contributed by atoms with Crippen molar-refractivity contribution in [2.45, 2.75) is 0 Å². The first kappa shape index (κ1) is 9.22. The van der Waals surface area contributed by atoms with E-state index in [1.165, 1.54) is 0 Å². The Kier molecular flexibility index (Phi) is 3.14. The van der Waals surface area contributed by atoms with Gasteiger partial charge in [0.05, 0.1) is 5.75 Å². The highest BCUT2D eigenvalue weighted by Crippen LogP contribution is 1.78. The largest absolute Gasteiger partial charge is 0.336 e. The lowest BCUT2D eigenvalue weighted by Crippen LogP contribution is -2.27. The van der Waals surface area contributed by atoms with Crippen molar-refractivity contribution in [3.05, 3.63) is 0 Å². The lowest BCUT2D eigenvalue weighted by atomic mass is 10.7. The van der Waals surface area contributed by atoms with Gasteiger partial charge >= 0.3 is 6.03 Å². The third kappa shape index (κ3) is 7.22. The summed E-state index contributed by atoms with van der Waals surface area (Å²) in [5.74, 6) is -0.113. The van der Waals surface area contributed by atoms with E-state index >= 15 is 0 Å². The van der Waals surface area contributed by atoms with Crippen molar-refractivity contribution in [1.29, 1.82) is 0 Å². The lowest BCUT2D eigenvalue weighted by Gasteiger charge is -1.97. The fourth-order valence-electron chi connectivity index (χ4n) is 0.350. The Labute approximate surface area is 59.5 Å². The van der Waals surface area contributed by atoms with E-state index in [9.17, 15) is 13.2 Å². The van der Waals surface area contributed by atoms with Gasteiger partial charge in [-0.3, -0.25) is 0 Å². The van der Waals surface area contributed by atoms with Crippen LogP contribution in [-0.4, -0.2) is 33.0 Å². The van der Waals surface area contributed by atoms with E-state index in [2.05, 4.69) is 5.32 Å². The molecule has 0 bridgehead atoms. The number of sulfone groups is 1. The van der Waals surface area contributed by atoms with Crippen LogP contribution in [0, 0.1) is 0 Å². The molecule has 1 radical (unpaired) electrons. The van der Waals surface area contributed by atoms with Crippen molar-refractivity contribution < 1.29 is 13.2 Å². The van der Waals surface area contributed by atoms with E-state index in [4.69, 9.17) is 5.73 Å². The van der Waals surface area contributed by atoms with E-state index in [0.717, 1.165) is 6.26 Å². The summed E-state index contributed by atoms with van der Waals surface area (Å²) in [4.78, 5) is 9.89. The molecule has 0 aliphatic carbocycles. The van der Waals surface area contributed by atoms with Gasteiger partial charge in [0.2, 0.25) is 0 Å². The molecule has 0 saturated carbocycles. The molecule has 6 heteroatoms. The summed E-state index contributed by atoms with van der Waals surface area (Å²) < 4.78 is 20.8. The predicted molar refractivity (Wildman–Crippen MR) is 36.2 cm³/mol. The molecule has 0 aromatic rings. The van der Waals surface area contributed by atoms with Crippen molar-refractivity contribution in [1.82, 2.24) is 11.1 Å². The average Bonchev–Trinajstić information content (AvgIpc) is 1.59. The van der Waals surface area contributed by atoms with Crippen LogP contribution in [0.5, 0.6) is 0 Å². The average molecular weight is 165 g/mol. The number of urea groups is 1. The minimum atomic E-state index is -3.02. The minimum Gasteiger partial charge on any atom is -0.336 e. The Hall–Kier alpha value is -0.780. The summed E-state index contributed by atoms with van der Waals surface area (Å²) in [6.45, 7) is 0.0150. The normalized spacial score (nSPS) is 10.9. The molecule has 10 heavy (non-hydrogen) atoms. The molecule has 0 aromatic carbocycles. The molecule has 0 heterocycles. The van der Waals surface area contributed by atoms with Gasteiger partial charge < -0.3 is 5.32 Å². The number of amides is 2. The van der Waals surface area contributed by atoms with Crippen LogP contribution in [0.4, 0.5) is 4.79 Å². The van der Waals surface area contributed by atoms with Gasteiger partial charge in [0.1, 0.15) is 9.84 Å². The van der Waals surface area contributed by atoms with Crippen LogP contribution in [-0.2, 0) is 9.84 Å². The number of rotatable bonds is 3. The molecule has 2 N–H and O–H groups in total. The zero-order valence-electron chi connectivity index (χ0n) is 5.55. The smallest absolute Gasteiger partial charge is 0.333 e. The van der Waals surface area contributed by atoms with Crippen LogP contribution in [0.1, 0.15) is 0 Å². The third-order valence-electron chi connectivity index (χ3n) is 0.758. The van der Waals surface area contributed by atoms with Gasteiger partial charge in [0, 0.05) is 12.8 Å². The summed E-state index contributed by atoms with van der Waals surface area (Å²) in [5.41, 5.74) is 6.34. The van der Waals surface area contributed by atoms with Gasteiger partial charge in [-0.2, -0.15) is 0 Å². The molecule has 0 aromatic heterocycles. The predicted octanol–water partition coefficient (Wildman–Crippen LogP) is -0.976. The monoisotopic (exact) mass is 165 g/mol. The van der Waals surface area contributed by atoms with Gasteiger partial charge in [-0.15, -0.1) is 0 Å². The second-order valence-electron chi connectivity index (χ2n) is 1.89. The molecule has 0 spiro atoms. The van der Waals surface area contributed by atoms with E-state index in [0.29, 0.717) is 0 Å². The number of hydrogen-bond acceptors (Lipinski definition) is 3. The Morgan fingerprint density at radius 3 is 2.40 bits per heavy atom. The maximum atomic E-state index is 10.4. The molecular weight excluding hydrogens is 156 g/mol. The van der Waals surface area contributed by atoms with Crippen LogP contribution in [0.25, 0.3) is 0 Å². The summed E-state index contributed by atoms with van der Waals surface area (Å²) >= 11 is 0. The third-order valence-corrected chi connectivity index (χ3v) is 1.70. The fourth-order valence-corrected chi connectivity index (χ4v) is 0.823. The molecule has 0 atom stereocenters. The number of hydrogen-bond donors (Lipinski definition) is 1. The Morgan fingerprint density at radius 1 is 1.60 bits per heavy atom. The minimum absolute atomic E-state index is 0.0150. The van der Waals surface area contributed by atoms with Crippen molar-refractivity contribution in [2.24, 2.45) is 0 Å². The van der Waals surface area contributed by atoms with E-state index < -0.39 is 15.9 Å². The SMILES string of the molecule is CS(=O)(=O)CCNC([NH])=O. The molecule has 2 amide bonds. The van der Waals surface area contributed by atoms with Gasteiger partial charge in [0.15, 0.2) is 0 Å². The van der Waals surface area contributed by atoms with E-state index in [-0.39, 0.29) is 12.3 Å². The Morgan fingerprint density at radius 2 is 2.10 bits per heavy atom. The summed E-state index contributed by atoms with van der Waals surface area (Å²) in [6, 6.07) is -0.955. The van der Waals surface area contributed by atoms with Gasteiger partial charge in [-0.25, -0.2) is 18.9 Å². The maximum absolute atomic E-state index is 10.4. The highest BCUT2D eigenvalue weighted by molar-refractivity contribution is 7.90. The number of nitrogens with one attached hydrogen (secondary N) is 2. The highest BCUT2D eigenvalue weighted by Gasteiger charge is 2.01. The quantitative estimate of drug-likeness (QED) is 0.583. The summed E-state index contributed by atoms with van der Waals surface area (Å²) in [5, 5.41) is 2.05. The standard InChI is InChI=1S/C4H9N2O3S/c1-10(8,9)3-2-6-4(5)7/h5H,2-3H2,1H3,(H,6,7). The van der Waals surface area contributed by atoms with Gasteiger partial charge in [-0.05, 0) is 0 Å². The van der Waals surface area contributed by atoms with Gasteiger partial charge in [-0.1, -0.05) is 0 Å². The number of carbonyl (C=O) groups excluding carboxylic acids is 1. The zero-order chi connectivity index (χ0) is 8.20. The molecule has 0 saturated heterocycles. The van der Waals surface area contributed by atoms with Gasteiger partial charge in [0.25, 0.3) is 0 Å². The number of carbonyl (C=O) groups is 1. The highest BCUT2D eigenvalue weighted by atomic mass is 32.2. The Balaban J connectivity index is 3.49. The fraction of sp³-hybridized carbons (Fsp3) is 0.750. The van der Waals surface area contributed by atoms with Crippen LogP contribution in [0.3, 0.4) is 0 Å². The van der Waals surface area contributed by atoms with E-state index in [1.807, 2.05) is 0 Å². The first-order valence-corrected chi connectivity index (χ1v) is 4.65. The van der Waals surface area contributed by atoms with Crippen molar-refractivity contribution >= 4 is 15.9 Å². The molecular formula is C4H9N2O3S. The first-order valence-electron chi connectivity index (χ1n) is 2.59.